The Kier molecular flexibility index (Phi) is 5.18. The van der Waals surface area contributed by atoms with E-state index in [1.165, 1.54) is 42.0 Å². The number of likely N-dealkylation sites (N-methyl/N-ethyl adjacent to an activating group) is 1. The van der Waals surface area contributed by atoms with Crippen molar-refractivity contribution in [3.8, 4) is 11.5 Å². The number of aromatic carboxylic acids is 1. The number of ether oxygens (including phenoxy) is 1. The van der Waals surface area contributed by atoms with Crippen LogP contribution in [0.4, 0.5) is 5.69 Å². The highest BCUT2D eigenvalue weighted by Gasteiger charge is 2.30. The fourth-order valence-electron chi connectivity index (χ4n) is 2.42. The summed E-state index contributed by atoms with van der Waals surface area (Å²) in [6.07, 6.45) is 1.65. The zero-order chi connectivity index (χ0) is 19.6. The number of amides is 1. The number of phenolic OH excluding ortho intramolecular Hbond substituents is 1. The Balaban J connectivity index is 1.89. The normalized spacial score (nSPS) is 17.0. The van der Waals surface area contributed by atoms with Crippen molar-refractivity contribution in [3.05, 3.63) is 58.5 Å². The summed E-state index contributed by atoms with van der Waals surface area (Å²) < 4.78 is 5.01. The van der Waals surface area contributed by atoms with Gasteiger partial charge in [0.2, 0.25) is 0 Å². The second kappa shape index (κ2) is 7.55. The third-order valence-corrected chi connectivity index (χ3v) is 4.88. The average Bonchev–Trinajstić information content (AvgIpc) is 2.90. The number of phenols is 1. The lowest BCUT2D eigenvalue weighted by molar-refractivity contribution is -0.121. The lowest BCUT2D eigenvalue weighted by atomic mass is 10.2. The van der Waals surface area contributed by atoms with Crippen molar-refractivity contribution in [2.75, 3.05) is 14.2 Å². The summed E-state index contributed by atoms with van der Waals surface area (Å²) in [7, 11) is 3.06. The highest BCUT2D eigenvalue weighted by Crippen LogP contribution is 2.34. The molecule has 1 fully saturated rings. The molecule has 0 radical (unpaired) electrons. The number of carboxylic acid groups (broad SMARTS) is 1. The molecule has 0 bridgehead atoms. The average molecular weight is 384 g/mol. The van der Waals surface area contributed by atoms with Gasteiger partial charge in [0.15, 0.2) is 16.7 Å². The summed E-state index contributed by atoms with van der Waals surface area (Å²) in [5, 5.41) is 19.4. The Hall–Kier alpha value is -3.26. The fraction of sp³-hybridized carbons (Fsp3) is 0.105. The highest BCUT2D eigenvalue weighted by atomic mass is 32.2. The van der Waals surface area contributed by atoms with Crippen molar-refractivity contribution in [1.29, 1.82) is 0 Å². The van der Waals surface area contributed by atoms with Gasteiger partial charge < -0.3 is 14.9 Å². The lowest BCUT2D eigenvalue weighted by Gasteiger charge is -2.07. The van der Waals surface area contributed by atoms with E-state index in [1.807, 2.05) is 0 Å². The molecular weight excluding hydrogens is 368 g/mol. The first-order chi connectivity index (χ1) is 12.9. The van der Waals surface area contributed by atoms with E-state index in [9.17, 15) is 14.7 Å². The fourth-order valence-corrected chi connectivity index (χ4v) is 3.41. The highest BCUT2D eigenvalue weighted by molar-refractivity contribution is 8.18. The van der Waals surface area contributed by atoms with E-state index in [4.69, 9.17) is 9.84 Å². The van der Waals surface area contributed by atoms with Crippen molar-refractivity contribution in [3.63, 3.8) is 0 Å². The molecule has 8 heteroatoms. The number of thioether (sulfide) groups is 1. The van der Waals surface area contributed by atoms with Crippen molar-refractivity contribution >= 4 is 40.6 Å². The van der Waals surface area contributed by atoms with Crippen LogP contribution in [-0.4, -0.2) is 46.3 Å². The molecule has 1 amide bonds. The van der Waals surface area contributed by atoms with Gasteiger partial charge >= 0.3 is 5.97 Å². The summed E-state index contributed by atoms with van der Waals surface area (Å²) in [5.41, 5.74) is 1.21. The van der Waals surface area contributed by atoms with Gasteiger partial charge in [-0.15, -0.1) is 0 Å². The third kappa shape index (κ3) is 3.95. The molecule has 0 unspecified atom stereocenters. The van der Waals surface area contributed by atoms with Crippen molar-refractivity contribution < 1.29 is 24.5 Å². The number of hydrogen-bond donors (Lipinski definition) is 2. The minimum absolute atomic E-state index is 0.0185. The van der Waals surface area contributed by atoms with E-state index in [0.29, 0.717) is 27.1 Å². The Labute approximate surface area is 159 Å². The zero-order valence-electron chi connectivity index (χ0n) is 14.5. The van der Waals surface area contributed by atoms with Crippen LogP contribution in [0, 0.1) is 0 Å². The molecule has 27 heavy (non-hydrogen) atoms. The zero-order valence-corrected chi connectivity index (χ0v) is 15.4. The van der Waals surface area contributed by atoms with Crippen molar-refractivity contribution in [2.24, 2.45) is 4.99 Å². The summed E-state index contributed by atoms with van der Waals surface area (Å²) >= 11 is 1.17. The number of carbonyl (C=O) groups excluding carboxylic acids is 1. The van der Waals surface area contributed by atoms with Crippen LogP contribution in [0.15, 0.2) is 52.4 Å². The van der Waals surface area contributed by atoms with Crippen molar-refractivity contribution in [1.82, 2.24) is 4.90 Å². The van der Waals surface area contributed by atoms with E-state index >= 15 is 0 Å². The molecule has 3 rings (SSSR count). The molecule has 0 saturated carbocycles. The summed E-state index contributed by atoms with van der Waals surface area (Å²) in [5.74, 6) is -0.945. The number of aromatic hydroxyl groups is 1. The van der Waals surface area contributed by atoms with Gasteiger partial charge in [0.05, 0.1) is 23.3 Å². The SMILES string of the molecule is COc1ccc(/C=C2/SC(=Nc3cccc(C(=O)O)c3)N(C)C2=O)cc1O. The van der Waals surface area contributed by atoms with E-state index in [-0.39, 0.29) is 17.2 Å². The molecule has 2 aromatic rings. The molecule has 0 aromatic heterocycles. The molecule has 2 N–H and O–H groups in total. The summed E-state index contributed by atoms with van der Waals surface area (Å²) in [4.78, 5) is 29.8. The van der Waals surface area contributed by atoms with Gasteiger partial charge in [-0.25, -0.2) is 9.79 Å². The van der Waals surface area contributed by atoms with Crippen LogP contribution in [0.25, 0.3) is 6.08 Å². The second-order valence-electron chi connectivity index (χ2n) is 5.66. The second-order valence-corrected chi connectivity index (χ2v) is 6.67. The maximum atomic E-state index is 12.5. The number of nitrogens with zero attached hydrogens (tertiary/aromatic N) is 2. The first-order valence-electron chi connectivity index (χ1n) is 7.85. The Morgan fingerprint density at radius 1 is 1.26 bits per heavy atom. The van der Waals surface area contributed by atoms with Crippen LogP contribution in [-0.2, 0) is 4.79 Å². The van der Waals surface area contributed by atoms with Crippen LogP contribution in [0.5, 0.6) is 11.5 Å². The van der Waals surface area contributed by atoms with E-state index in [0.717, 1.165) is 0 Å². The number of rotatable bonds is 4. The topological polar surface area (TPSA) is 99.4 Å². The molecule has 7 nitrogen and oxygen atoms in total. The number of hydrogen-bond acceptors (Lipinski definition) is 6. The minimum atomic E-state index is -1.04. The number of benzene rings is 2. The summed E-state index contributed by atoms with van der Waals surface area (Å²) in [6.45, 7) is 0. The van der Waals surface area contributed by atoms with Crippen LogP contribution in [0.2, 0.25) is 0 Å². The van der Waals surface area contributed by atoms with Gasteiger partial charge in [0.1, 0.15) is 0 Å². The molecule has 2 aromatic carbocycles. The minimum Gasteiger partial charge on any atom is -0.504 e. The molecule has 1 heterocycles. The maximum Gasteiger partial charge on any atom is 0.335 e. The molecule has 1 aliphatic rings. The summed E-state index contributed by atoms with van der Waals surface area (Å²) in [6, 6.07) is 11.0. The van der Waals surface area contributed by atoms with E-state index < -0.39 is 5.97 Å². The third-order valence-electron chi connectivity index (χ3n) is 3.82. The van der Waals surface area contributed by atoms with E-state index in [1.54, 1.807) is 37.4 Å². The monoisotopic (exact) mass is 384 g/mol. The molecule has 1 aliphatic heterocycles. The van der Waals surface area contributed by atoms with Crippen molar-refractivity contribution in [2.45, 2.75) is 0 Å². The predicted octanol–water partition coefficient (Wildman–Crippen LogP) is 3.33. The number of carbonyl (C=O) groups is 2. The van der Waals surface area contributed by atoms with Crippen LogP contribution in [0.3, 0.4) is 0 Å². The number of methoxy groups -OCH3 is 1. The van der Waals surface area contributed by atoms with Gasteiger partial charge in [-0.1, -0.05) is 12.1 Å². The predicted molar refractivity (Wildman–Crippen MR) is 103 cm³/mol. The Morgan fingerprint density at radius 3 is 2.70 bits per heavy atom. The number of amidine groups is 1. The maximum absolute atomic E-state index is 12.5. The quantitative estimate of drug-likeness (QED) is 0.785. The van der Waals surface area contributed by atoms with Crippen LogP contribution < -0.4 is 4.74 Å². The molecule has 1 saturated heterocycles. The molecule has 0 aliphatic carbocycles. The first-order valence-corrected chi connectivity index (χ1v) is 8.67. The van der Waals surface area contributed by atoms with E-state index in [2.05, 4.69) is 4.99 Å². The van der Waals surface area contributed by atoms with Crippen LogP contribution >= 0.6 is 11.8 Å². The number of aliphatic imine (C=N–C) groups is 1. The van der Waals surface area contributed by atoms with Gasteiger partial charge in [0.25, 0.3) is 5.91 Å². The van der Waals surface area contributed by atoms with Gasteiger partial charge in [-0.3, -0.25) is 9.69 Å². The molecule has 0 atom stereocenters. The Bertz CT molecular complexity index is 984. The van der Waals surface area contributed by atoms with Gasteiger partial charge in [-0.05, 0) is 53.7 Å². The van der Waals surface area contributed by atoms with Gasteiger partial charge in [-0.2, -0.15) is 0 Å². The molecule has 0 spiro atoms. The van der Waals surface area contributed by atoms with Crippen LogP contribution in [0.1, 0.15) is 15.9 Å². The van der Waals surface area contributed by atoms with Gasteiger partial charge in [0, 0.05) is 7.05 Å². The Morgan fingerprint density at radius 2 is 2.04 bits per heavy atom. The molecular formula is C19H16N2O5S. The smallest absolute Gasteiger partial charge is 0.335 e. The first kappa shape index (κ1) is 18.5. The number of carboxylic acids is 1. The lowest BCUT2D eigenvalue weighted by Crippen LogP contribution is -2.23. The largest absolute Gasteiger partial charge is 0.504 e. The molecule has 138 valence electrons. The standard InChI is InChI=1S/C19H16N2O5S/c1-21-17(23)16(9-11-6-7-15(26-2)14(22)8-11)27-19(21)20-13-5-3-4-12(10-13)18(24)25/h3-10,22H,1-2H3,(H,24,25)/b16-9+,20-19?.